The Bertz CT molecular complexity index is 266. The average Bonchev–Trinajstić information content (AvgIpc) is 2.27. The third kappa shape index (κ3) is 1.11. The van der Waals surface area contributed by atoms with Crippen molar-refractivity contribution in [3.8, 4) is 0 Å². The largest absolute Gasteiger partial charge is 0.383 e. The Morgan fingerprint density at radius 2 is 2.33 bits per heavy atom. The van der Waals surface area contributed by atoms with Gasteiger partial charge in [0.25, 0.3) is 0 Å². The monoisotopic (exact) mass is 184 g/mol. The van der Waals surface area contributed by atoms with Crippen LogP contribution in [-0.4, -0.2) is 17.5 Å². The minimum Gasteiger partial charge on any atom is -0.383 e. The first kappa shape index (κ1) is 7.99. The van der Waals surface area contributed by atoms with Gasteiger partial charge < -0.3 is 5.32 Å². The van der Waals surface area contributed by atoms with Crippen LogP contribution in [0.2, 0.25) is 0 Å². The fourth-order valence-corrected chi connectivity index (χ4v) is 1.91. The maximum atomic E-state index is 5.85. The standard InChI is InChI=1S/C9H13ClN2/c1-9(2)6-11-8-5-12(10)4-3-7(8)9/h3,5,11H,4,6H2,1-2H3. The summed E-state index contributed by atoms with van der Waals surface area (Å²) >= 11 is 5.85. The van der Waals surface area contributed by atoms with E-state index in [1.165, 1.54) is 11.3 Å². The molecule has 0 aromatic heterocycles. The zero-order valence-electron chi connectivity index (χ0n) is 7.39. The van der Waals surface area contributed by atoms with E-state index in [1.54, 1.807) is 4.42 Å². The molecule has 2 heterocycles. The minimum absolute atomic E-state index is 0.268. The van der Waals surface area contributed by atoms with Gasteiger partial charge in [-0.15, -0.1) is 0 Å². The number of hydrogen-bond acceptors (Lipinski definition) is 2. The summed E-state index contributed by atoms with van der Waals surface area (Å²) in [5.74, 6) is 0. The lowest BCUT2D eigenvalue weighted by molar-refractivity contribution is 0.487. The molecule has 1 N–H and O–H groups in total. The number of hydrogen-bond donors (Lipinski definition) is 1. The molecule has 3 heteroatoms. The van der Waals surface area contributed by atoms with Crippen LogP contribution in [0.15, 0.2) is 23.5 Å². The van der Waals surface area contributed by atoms with Crippen molar-refractivity contribution in [2.75, 3.05) is 13.1 Å². The predicted molar refractivity (Wildman–Crippen MR) is 50.5 cm³/mol. The van der Waals surface area contributed by atoms with Crippen LogP contribution < -0.4 is 5.32 Å². The average molecular weight is 185 g/mol. The second-order valence-electron chi connectivity index (χ2n) is 3.98. The lowest BCUT2D eigenvalue weighted by Gasteiger charge is -2.22. The summed E-state index contributed by atoms with van der Waals surface area (Å²) in [5, 5.41) is 3.35. The van der Waals surface area contributed by atoms with Crippen molar-refractivity contribution in [2.24, 2.45) is 5.41 Å². The number of rotatable bonds is 0. The predicted octanol–water partition coefficient (Wildman–Crippen LogP) is 1.85. The Labute approximate surface area is 78.0 Å². The molecule has 0 aromatic carbocycles. The maximum Gasteiger partial charge on any atom is 0.0552 e. The van der Waals surface area contributed by atoms with Gasteiger partial charge in [0, 0.05) is 29.9 Å². The molecule has 2 aliphatic rings. The number of nitrogens with one attached hydrogen (secondary N) is 1. The van der Waals surface area contributed by atoms with Gasteiger partial charge in [-0.05, 0) is 5.57 Å². The highest BCUT2D eigenvalue weighted by atomic mass is 35.5. The van der Waals surface area contributed by atoms with Crippen LogP contribution in [-0.2, 0) is 0 Å². The van der Waals surface area contributed by atoms with E-state index in [0.29, 0.717) is 0 Å². The topological polar surface area (TPSA) is 15.3 Å². The highest BCUT2D eigenvalue weighted by Gasteiger charge is 2.33. The SMILES string of the molecule is CC1(C)CNC2=CN(Cl)CC=C21. The molecular formula is C9H13ClN2. The number of allylic oxidation sites excluding steroid dienone is 1. The van der Waals surface area contributed by atoms with Gasteiger partial charge in [-0.25, -0.2) is 0 Å². The van der Waals surface area contributed by atoms with Crippen LogP contribution in [0.5, 0.6) is 0 Å². The van der Waals surface area contributed by atoms with E-state index in [2.05, 4.69) is 25.2 Å². The van der Waals surface area contributed by atoms with Crippen LogP contribution in [0.25, 0.3) is 0 Å². The van der Waals surface area contributed by atoms with Crippen molar-refractivity contribution in [1.82, 2.24) is 9.74 Å². The van der Waals surface area contributed by atoms with Gasteiger partial charge in [0.2, 0.25) is 0 Å². The lowest BCUT2D eigenvalue weighted by atomic mass is 9.85. The van der Waals surface area contributed by atoms with Crippen LogP contribution in [0.4, 0.5) is 0 Å². The molecule has 2 rings (SSSR count). The highest BCUT2D eigenvalue weighted by molar-refractivity contribution is 6.14. The Morgan fingerprint density at radius 3 is 3.08 bits per heavy atom. The highest BCUT2D eigenvalue weighted by Crippen LogP contribution is 2.37. The smallest absolute Gasteiger partial charge is 0.0552 e. The fourth-order valence-electron chi connectivity index (χ4n) is 1.74. The molecule has 0 amide bonds. The third-order valence-electron chi connectivity index (χ3n) is 2.48. The lowest BCUT2D eigenvalue weighted by Crippen LogP contribution is -2.17. The first-order chi connectivity index (χ1) is 5.59. The minimum atomic E-state index is 0.268. The first-order valence-electron chi connectivity index (χ1n) is 4.19. The van der Waals surface area contributed by atoms with Gasteiger partial charge in [0.15, 0.2) is 0 Å². The normalized spacial score (nSPS) is 25.8. The summed E-state index contributed by atoms with van der Waals surface area (Å²) in [6, 6.07) is 0. The van der Waals surface area contributed by atoms with Gasteiger partial charge in [0.05, 0.1) is 12.2 Å². The van der Waals surface area contributed by atoms with Crippen molar-refractivity contribution >= 4 is 11.8 Å². The second kappa shape index (κ2) is 2.43. The molecule has 66 valence electrons. The number of nitrogens with zero attached hydrogens (tertiary/aromatic N) is 1. The second-order valence-corrected chi connectivity index (χ2v) is 4.41. The third-order valence-corrected chi connectivity index (χ3v) is 2.71. The summed E-state index contributed by atoms with van der Waals surface area (Å²) in [7, 11) is 0. The van der Waals surface area contributed by atoms with Crippen LogP contribution >= 0.6 is 11.8 Å². The van der Waals surface area contributed by atoms with Crippen molar-refractivity contribution in [2.45, 2.75) is 13.8 Å². The maximum absolute atomic E-state index is 5.85. The van der Waals surface area contributed by atoms with E-state index in [0.717, 1.165) is 13.1 Å². The molecule has 0 spiro atoms. The zero-order chi connectivity index (χ0) is 8.77. The van der Waals surface area contributed by atoms with Gasteiger partial charge >= 0.3 is 0 Å². The summed E-state index contributed by atoms with van der Waals surface area (Å²) < 4.78 is 1.67. The summed E-state index contributed by atoms with van der Waals surface area (Å²) in [6.45, 7) is 6.31. The van der Waals surface area contributed by atoms with Crippen LogP contribution in [0.1, 0.15) is 13.8 Å². The number of halogens is 1. The molecular weight excluding hydrogens is 172 g/mol. The molecule has 2 aliphatic heterocycles. The van der Waals surface area contributed by atoms with Gasteiger partial charge in [-0.2, -0.15) is 0 Å². The van der Waals surface area contributed by atoms with Crippen LogP contribution in [0.3, 0.4) is 0 Å². The van der Waals surface area contributed by atoms with Crippen molar-refractivity contribution in [3.05, 3.63) is 23.5 Å². The Balaban J connectivity index is 2.34. The quantitative estimate of drug-likeness (QED) is 0.579. The summed E-state index contributed by atoms with van der Waals surface area (Å²) in [5.41, 5.74) is 2.85. The molecule has 0 aliphatic carbocycles. The molecule has 0 unspecified atom stereocenters. The molecule has 12 heavy (non-hydrogen) atoms. The Kier molecular flexibility index (Phi) is 1.62. The van der Waals surface area contributed by atoms with Crippen molar-refractivity contribution < 1.29 is 0 Å². The molecule has 1 fully saturated rings. The summed E-state index contributed by atoms with van der Waals surface area (Å²) in [6.07, 6.45) is 4.16. The fraction of sp³-hybridized carbons (Fsp3) is 0.556. The van der Waals surface area contributed by atoms with Gasteiger partial charge in [-0.1, -0.05) is 19.9 Å². The van der Waals surface area contributed by atoms with E-state index in [1.807, 2.05) is 6.20 Å². The van der Waals surface area contributed by atoms with Crippen LogP contribution in [0, 0.1) is 5.41 Å². The Hall–Kier alpha value is -0.630. The van der Waals surface area contributed by atoms with E-state index in [9.17, 15) is 0 Å². The summed E-state index contributed by atoms with van der Waals surface area (Å²) in [4.78, 5) is 0. The van der Waals surface area contributed by atoms with E-state index >= 15 is 0 Å². The van der Waals surface area contributed by atoms with E-state index in [-0.39, 0.29) is 5.41 Å². The van der Waals surface area contributed by atoms with Gasteiger partial charge in [0.1, 0.15) is 0 Å². The molecule has 2 nitrogen and oxygen atoms in total. The van der Waals surface area contributed by atoms with E-state index in [4.69, 9.17) is 11.8 Å². The molecule has 0 radical (unpaired) electrons. The molecule has 0 aromatic rings. The zero-order valence-corrected chi connectivity index (χ0v) is 8.15. The van der Waals surface area contributed by atoms with Crippen molar-refractivity contribution in [1.29, 1.82) is 0 Å². The Morgan fingerprint density at radius 1 is 1.58 bits per heavy atom. The first-order valence-corrected chi connectivity index (χ1v) is 4.52. The number of fused-ring (bicyclic) bond motifs is 1. The molecule has 1 saturated heterocycles. The molecule has 0 bridgehead atoms. The molecule has 0 saturated carbocycles. The molecule has 0 atom stereocenters. The van der Waals surface area contributed by atoms with Gasteiger partial charge in [-0.3, -0.25) is 4.42 Å². The van der Waals surface area contributed by atoms with E-state index < -0.39 is 0 Å². The van der Waals surface area contributed by atoms with Crippen molar-refractivity contribution in [3.63, 3.8) is 0 Å².